The second-order valence-electron chi connectivity index (χ2n) is 11.2. The molecule has 0 bridgehead atoms. The van der Waals surface area contributed by atoms with E-state index in [9.17, 15) is 4.79 Å². The van der Waals surface area contributed by atoms with Gasteiger partial charge in [-0.3, -0.25) is 0 Å². The van der Waals surface area contributed by atoms with Crippen molar-refractivity contribution in [3.05, 3.63) is 48.0 Å². The van der Waals surface area contributed by atoms with Crippen LogP contribution in [0.15, 0.2) is 42.5 Å². The molecule has 0 radical (unpaired) electrons. The molecule has 0 aromatic heterocycles. The number of ether oxygens (including phenoxy) is 3. The van der Waals surface area contributed by atoms with Crippen LogP contribution in [0.4, 0.5) is 0 Å². The van der Waals surface area contributed by atoms with Crippen LogP contribution in [0.25, 0.3) is 0 Å². The van der Waals surface area contributed by atoms with Crippen molar-refractivity contribution in [2.24, 2.45) is 0 Å². The van der Waals surface area contributed by atoms with Gasteiger partial charge >= 0.3 is 14.5 Å². The minimum atomic E-state index is -2.30. The summed E-state index contributed by atoms with van der Waals surface area (Å²) in [5.41, 5.74) is 1.62. The van der Waals surface area contributed by atoms with Crippen molar-refractivity contribution in [3.8, 4) is 0 Å². The van der Waals surface area contributed by atoms with E-state index < -0.39 is 25.2 Å². The molecule has 0 N–H and O–H groups in total. The molecule has 0 aliphatic rings. The summed E-state index contributed by atoms with van der Waals surface area (Å²) < 4.78 is 30.5. The first kappa shape index (κ1) is 33.9. The molecule has 0 aliphatic heterocycles. The van der Waals surface area contributed by atoms with Crippen molar-refractivity contribution in [2.75, 3.05) is 26.4 Å². The lowest BCUT2D eigenvalue weighted by Crippen LogP contribution is -2.53. The third kappa shape index (κ3) is 16.5. The smallest absolute Gasteiger partial charge is 0.333 e. The summed E-state index contributed by atoms with van der Waals surface area (Å²) in [5.74, 6) is -0.320. The highest BCUT2D eigenvalue weighted by molar-refractivity contribution is 6.88. The zero-order valence-electron chi connectivity index (χ0n) is 24.5. The maximum Gasteiger partial charge on any atom is 0.333 e. The molecule has 0 amide bonds. The molecule has 0 saturated heterocycles. The Balaban J connectivity index is 2.42. The number of benzene rings is 1. The molecule has 1 unspecified atom stereocenters. The molecule has 0 aliphatic carbocycles. The molecule has 9 heteroatoms. The summed E-state index contributed by atoms with van der Waals surface area (Å²) in [7, 11) is -6.17. The van der Waals surface area contributed by atoms with Crippen LogP contribution >= 0.6 is 0 Å². The zero-order valence-corrected chi connectivity index (χ0v) is 27.5. The zero-order chi connectivity index (χ0) is 27.8. The molecule has 1 rings (SSSR count). The molecular formula is C28H52O6Si3. The van der Waals surface area contributed by atoms with E-state index in [2.05, 4.69) is 58.4 Å². The van der Waals surface area contributed by atoms with Crippen molar-refractivity contribution in [1.82, 2.24) is 0 Å². The Morgan fingerprint density at radius 3 is 2.08 bits per heavy atom. The Morgan fingerprint density at radius 1 is 0.811 bits per heavy atom. The second-order valence-corrected chi connectivity index (χ2v) is 23.5. The standard InChI is InChI=1S/C28H52O6Si3/c1-9-10-23-37(8,24-14-18-30-20-21-31-25-27-16-12-11-13-17-27)34-36(6,7)33-35(4,5)22-15-19-32-28(29)26(2)3/h11-13,16-17H,2,9-10,14-15,18-25H2,1,3-8H3. The van der Waals surface area contributed by atoms with Crippen LogP contribution < -0.4 is 0 Å². The average Bonchev–Trinajstić information content (AvgIpc) is 2.81. The van der Waals surface area contributed by atoms with Crippen LogP contribution in [-0.2, 0) is 33.8 Å². The maximum atomic E-state index is 11.6. The Morgan fingerprint density at radius 2 is 1.43 bits per heavy atom. The third-order valence-corrected chi connectivity index (χ3v) is 18.6. The summed E-state index contributed by atoms with van der Waals surface area (Å²) >= 11 is 0. The number of hydrogen-bond acceptors (Lipinski definition) is 6. The first-order chi connectivity index (χ1) is 17.4. The summed E-state index contributed by atoms with van der Waals surface area (Å²) in [6, 6.07) is 13.4. The van der Waals surface area contributed by atoms with E-state index in [0.29, 0.717) is 32.0 Å². The summed E-state index contributed by atoms with van der Waals surface area (Å²) in [5, 5.41) is 0. The number of unbranched alkanes of at least 4 members (excludes halogenated alkanes) is 1. The predicted molar refractivity (Wildman–Crippen MR) is 160 cm³/mol. The number of rotatable bonds is 21. The molecule has 212 valence electrons. The highest BCUT2D eigenvalue weighted by atomic mass is 28.5. The van der Waals surface area contributed by atoms with E-state index in [1.165, 1.54) is 18.4 Å². The van der Waals surface area contributed by atoms with Gasteiger partial charge in [-0.05, 0) is 76.2 Å². The molecule has 1 aromatic rings. The van der Waals surface area contributed by atoms with E-state index >= 15 is 0 Å². The van der Waals surface area contributed by atoms with E-state index in [0.717, 1.165) is 37.6 Å². The fourth-order valence-corrected chi connectivity index (χ4v) is 19.5. The van der Waals surface area contributed by atoms with Gasteiger partial charge in [0.05, 0.1) is 26.4 Å². The lowest BCUT2D eigenvalue weighted by molar-refractivity contribution is -0.138. The molecule has 1 atom stereocenters. The molecule has 6 nitrogen and oxygen atoms in total. The van der Waals surface area contributed by atoms with Crippen LogP contribution in [-0.4, -0.2) is 57.6 Å². The van der Waals surface area contributed by atoms with Crippen LogP contribution in [0.3, 0.4) is 0 Å². The van der Waals surface area contributed by atoms with Gasteiger partial charge in [0, 0.05) is 12.2 Å². The highest BCUT2D eigenvalue weighted by Gasteiger charge is 2.41. The Hall–Kier alpha value is -1.08. The van der Waals surface area contributed by atoms with Crippen molar-refractivity contribution in [2.45, 2.75) is 97.0 Å². The van der Waals surface area contributed by atoms with Crippen LogP contribution in [0, 0.1) is 0 Å². The van der Waals surface area contributed by atoms with E-state index in [-0.39, 0.29) is 5.97 Å². The van der Waals surface area contributed by atoms with Gasteiger partial charge in [0.25, 0.3) is 0 Å². The topological polar surface area (TPSA) is 63.2 Å². The molecule has 0 heterocycles. The Kier molecular flexibility index (Phi) is 16.1. The van der Waals surface area contributed by atoms with Gasteiger partial charge < -0.3 is 22.4 Å². The van der Waals surface area contributed by atoms with E-state index in [4.69, 9.17) is 22.4 Å². The molecular weight excluding hydrogens is 517 g/mol. The minimum Gasteiger partial charge on any atom is -0.462 e. The van der Waals surface area contributed by atoms with Gasteiger partial charge in [0.15, 0.2) is 16.6 Å². The summed E-state index contributed by atoms with van der Waals surface area (Å²) in [4.78, 5) is 11.6. The highest BCUT2D eigenvalue weighted by Crippen LogP contribution is 2.29. The number of esters is 1. The van der Waals surface area contributed by atoms with Crippen LogP contribution in [0.5, 0.6) is 0 Å². The molecule has 0 fully saturated rings. The molecule has 0 saturated carbocycles. The van der Waals surface area contributed by atoms with Gasteiger partial charge in [0.2, 0.25) is 0 Å². The summed E-state index contributed by atoms with van der Waals surface area (Å²) in [6.07, 6.45) is 4.17. The van der Waals surface area contributed by atoms with Crippen LogP contribution in [0.1, 0.15) is 45.1 Å². The van der Waals surface area contributed by atoms with Crippen molar-refractivity contribution in [3.63, 3.8) is 0 Å². The van der Waals surface area contributed by atoms with E-state index in [1.807, 2.05) is 18.2 Å². The predicted octanol–water partition coefficient (Wildman–Crippen LogP) is 7.43. The Bertz CT molecular complexity index is 787. The second kappa shape index (κ2) is 17.5. The third-order valence-electron chi connectivity index (χ3n) is 6.06. The lowest BCUT2D eigenvalue weighted by Gasteiger charge is -2.40. The van der Waals surface area contributed by atoms with Crippen molar-refractivity contribution in [1.29, 1.82) is 0 Å². The summed E-state index contributed by atoms with van der Waals surface area (Å²) in [6.45, 7) is 21.8. The average molecular weight is 569 g/mol. The largest absolute Gasteiger partial charge is 0.462 e. The van der Waals surface area contributed by atoms with Gasteiger partial charge in [-0.2, -0.15) is 0 Å². The molecule has 1 aromatic carbocycles. The number of carbonyl (C=O) groups is 1. The SMILES string of the molecule is C=C(C)C(=O)OCCC[Si](C)(C)O[Si](C)(C)O[Si](C)(CCCC)CCCOCCOCc1ccccc1. The normalized spacial score (nSPS) is 13.8. The quantitative estimate of drug-likeness (QED) is 0.0665. The maximum absolute atomic E-state index is 11.6. The van der Waals surface area contributed by atoms with Crippen LogP contribution in [0.2, 0.25) is 50.9 Å². The van der Waals surface area contributed by atoms with Crippen molar-refractivity contribution >= 4 is 31.2 Å². The number of carbonyl (C=O) groups excluding carboxylic acids is 1. The monoisotopic (exact) mass is 568 g/mol. The van der Waals surface area contributed by atoms with Gasteiger partial charge in [-0.15, -0.1) is 0 Å². The lowest BCUT2D eigenvalue weighted by atomic mass is 10.2. The molecule has 37 heavy (non-hydrogen) atoms. The Labute approximate surface area is 229 Å². The van der Waals surface area contributed by atoms with Crippen molar-refractivity contribution < 1.29 is 27.2 Å². The number of hydrogen-bond donors (Lipinski definition) is 0. The van der Waals surface area contributed by atoms with E-state index in [1.54, 1.807) is 6.92 Å². The fraction of sp³-hybridized carbons (Fsp3) is 0.679. The van der Waals surface area contributed by atoms with Gasteiger partial charge in [-0.1, -0.05) is 56.7 Å². The molecule has 0 spiro atoms. The first-order valence-electron chi connectivity index (χ1n) is 13.8. The first-order valence-corrected chi connectivity index (χ1v) is 22.6. The van der Waals surface area contributed by atoms with Gasteiger partial charge in [-0.25, -0.2) is 4.79 Å². The minimum absolute atomic E-state index is 0.320. The fourth-order valence-electron chi connectivity index (χ4n) is 4.43. The van der Waals surface area contributed by atoms with Gasteiger partial charge in [0.1, 0.15) is 0 Å².